The van der Waals surface area contributed by atoms with Gasteiger partial charge >= 0.3 is 0 Å². The van der Waals surface area contributed by atoms with Crippen molar-refractivity contribution >= 4 is 45.7 Å². The summed E-state index contributed by atoms with van der Waals surface area (Å²) < 4.78 is 5.75. The fraction of sp³-hybridized carbons (Fsp3) is 0.208. The minimum atomic E-state index is -0.285. The van der Waals surface area contributed by atoms with Crippen molar-refractivity contribution in [2.75, 3.05) is 16.8 Å². The fourth-order valence-electron chi connectivity index (χ4n) is 2.82. The molecule has 6 nitrogen and oxygen atoms in total. The van der Waals surface area contributed by atoms with Gasteiger partial charge in [0.25, 0.3) is 0 Å². The number of unbranched alkanes of at least 4 members (excludes halogenated alkanes) is 1. The second-order valence-electron chi connectivity index (χ2n) is 6.77. The Morgan fingerprint density at radius 3 is 2.61 bits per heavy atom. The molecule has 3 rings (SSSR count). The number of nitrogens with one attached hydrogen (secondary N) is 1. The van der Waals surface area contributed by atoms with Crippen LogP contribution in [-0.4, -0.2) is 23.4 Å². The Balaban J connectivity index is 1.67. The standard InChI is InChI=1S/C24H25N3O3S/c1-3-4-16-30-22-13-9-8-12-21(22)26-23(29)15-14-19-17-31-24(25-19)27(18(2)28)20-10-6-5-7-11-20/h5-15,17H,3-4,16H2,1-2H3,(H,26,29)/b15-14+. The quantitative estimate of drug-likeness (QED) is 0.348. The Bertz CT molecular complexity index is 1050. The molecule has 1 N–H and O–H groups in total. The Labute approximate surface area is 186 Å². The fourth-order valence-corrected chi connectivity index (χ4v) is 3.67. The van der Waals surface area contributed by atoms with Crippen LogP contribution in [0.25, 0.3) is 6.08 Å². The van der Waals surface area contributed by atoms with E-state index in [4.69, 9.17) is 4.74 Å². The lowest BCUT2D eigenvalue weighted by atomic mass is 10.3. The van der Waals surface area contributed by atoms with Crippen LogP contribution in [0.1, 0.15) is 32.4 Å². The maximum Gasteiger partial charge on any atom is 0.248 e. The molecular weight excluding hydrogens is 410 g/mol. The van der Waals surface area contributed by atoms with Crippen molar-refractivity contribution < 1.29 is 14.3 Å². The third-order valence-electron chi connectivity index (χ3n) is 4.34. The highest BCUT2D eigenvalue weighted by Gasteiger charge is 2.17. The zero-order valence-electron chi connectivity index (χ0n) is 17.6. The molecule has 1 aromatic heterocycles. The molecule has 0 aliphatic carbocycles. The summed E-state index contributed by atoms with van der Waals surface area (Å²) >= 11 is 1.34. The Kier molecular flexibility index (Phi) is 7.95. The van der Waals surface area contributed by atoms with E-state index in [9.17, 15) is 9.59 Å². The average Bonchev–Trinajstić information content (AvgIpc) is 3.23. The average molecular weight is 436 g/mol. The van der Waals surface area contributed by atoms with E-state index in [0.717, 1.165) is 18.5 Å². The number of ether oxygens (including phenoxy) is 1. The molecule has 7 heteroatoms. The predicted molar refractivity (Wildman–Crippen MR) is 126 cm³/mol. The van der Waals surface area contributed by atoms with Gasteiger partial charge in [-0.05, 0) is 36.8 Å². The molecule has 3 aromatic rings. The molecule has 0 spiro atoms. The van der Waals surface area contributed by atoms with Crippen molar-refractivity contribution in [3.8, 4) is 5.75 Å². The van der Waals surface area contributed by atoms with Crippen LogP contribution in [0.2, 0.25) is 0 Å². The zero-order valence-corrected chi connectivity index (χ0v) is 18.4. The van der Waals surface area contributed by atoms with Gasteiger partial charge in [0.2, 0.25) is 11.8 Å². The number of carbonyl (C=O) groups excluding carboxylic acids is 2. The molecule has 2 aromatic carbocycles. The minimum Gasteiger partial charge on any atom is -0.491 e. The lowest BCUT2D eigenvalue weighted by Crippen LogP contribution is -2.22. The third kappa shape index (κ3) is 6.26. The van der Waals surface area contributed by atoms with Gasteiger partial charge in [0.15, 0.2) is 5.13 Å². The first kappa shape index (κ1) is 22.2. The molecular formula is C24H25N3O3S. The van der Waals surface area contributed by atoms with Crippen molar-refractivity contribution in [2.45, 2.75) is 26.7 Å². The molecule has 0 aliphatic rings. The van der Waals surface area contributed by atoms with Crippen LogP contribution in [0.15, 0.2) is 66.1 Å². The van der Waals surface area contributed by atoms with Crippen LogP contribution >= 0.6 is 11.3 Å². The summed E-state index contributed by atoms with van der Waals surface area (Å²) in [6, 6.07) is 16.7. The molecule has 31 heavy (non-hydrogen) atoms. The number of para-hydroxylation sites is 3. The van der Waals surface area contributed by atoms with Crippen LogP contribution in [-0.2, 0) is 9.59 Å². The summed E-state index contributed by atoms with van der Waals surface area (Å²) in [5.41, 5.74) is 1.97. The Hall–Kier alpha value is -3.45. The second-order valence-corrected chi connectivity index (χ2v) is 7.60. The van der Waals surface area contributed by atoms with E-state index >= 15 is 0 Å². The van der Waals surface area contributed by atoms with E-state index in [1.165, 1.54) is 24.3 Å². The lowest BCUT2D eigenvalue weighted by molar-refractivity contribution is -0.116. The van der Waals surface area contributed by atoms with Gasteiger partial charge in [-0.1, -0.05) is 43.7 Å². The number of nitrogens with zero attached hydrogens (tertiary/aromatic N) is 2. The van der Waals surface area contributed by atoms with Gasteiger partial charge in [-0.15, -0.1) is 11.3 Å². The van der Waals surface area contributed by atoms with Gasteiger partial charge in [0.1, 0.15) is 5.75 Å². The number of amides is 2. The SMILES string of the molecule is CCCCOc1ccccc1NC(=O)/C=C/c1csc(N(C(C)=O)c2ccccc2)n1. The monoisotopic (exact) mass is 435 g/mol. The number of hydrogen-bond acceptors (Lipinski definition) is 5. The van der Waals surface area contributed by atoms with Gasteiger partial charge in [-0.3, -0.25) is 14.5 Å². The first-order valence-corrected chi connectivity index (χ1v) is 11.0. The highest BCUT2D eigenvalue weighted by molar-refractivity contribution is 7.14. The highest BCUT2D eigenvalue weighted by Crippen LogP contribution is 2.29. The van der Waals surface area contributed by atoms with Gasteiger partial charge in [-0.25, -0.2) is 4.98 Å². The number of carbonyl (C=O) groups is 2. The molecule has 0 saturated carbocycles. The molecule has 2 amide bonds. The zero-order chi connectivity index (χ0) is 22.1. The summed E-state index contributed by atoms with van der Waals surface area (Å²) in [7, 11) is 0. The summed E-state index contributed by atoms with van der Waals surface area (Å²) in [4.78, 5) is 30.6. The number of thiazole rings is 1. The van der Waals surface area contributed by atoms with Crippen LogP contribution in [0.3, 0.4) is 0 Å². The molecule has 0 fully saturated rings. The molecule has 0 bridgehead atoms. The van der Waals surface area contributed by atoms with Gasteiger partial charge in [-0.2, -0.15) is 0 Å². The van der Waals surface area contributed by atoms with E-state index in [1.807, 2.05) is 48.5 Å². The smallest absolute Gasteiger partial charge is 0.248 e. The number of rotatable bonds is 9. The molecule has 0 unspecified atom stereocenters. The van der Waals surface area contributed by atoms with Crippen LogP contribution in [0, 0.1) is 0 Å². The Morgan fingerprint density at radius 2 is 1.87 bits per heavy atom. The van der Waals surface area contributed by atoms with Crippen LogP contribution in [0.4, 0.5) is 16.5 Å². The van der Waals surface area contributed by atoms with E-state index in [-0.39, 0.29) is 11.8 Å². The summed E-state index contributed by atoms with van der Waals surface area (Å²) in [6.07, 6.45) is 5.04. The molecule has 0 radical (unpaired) electrons. The van der Waals surface area contributed by atoms with Crippen molar-refractivity contribution in [3.63, 3.8) is 0 Å². The predicted octanol–water partition coefficient (Wildman–Crippen LogP) is 5.66. The van der Waals surface area contributed by atoms with Crippen molar-refractivity contribution in [1.29, 1.82) is 0 Å². The van der Waals surface area contributed by atoms with Gasteiger partial charge in [0.05, 0.1) is 23.7 Å². The van der Waals surface area contributed by atoms with Gasteiger partial charge in [0, 0.05) is 18.4 Å². The van der Waals surface area contributed by atoms with Crippen molar-refractivity contribution in [3.05, 3.63) is 71.7 Å². The topological polar surface area (TPSA) is 71.5 Å². The maximum atomic E-state index is 12.4. The van der Waals surface area contributed by atoms with Crippen LogP contribution < -0.4 is 15.0 Å². The molecule has 1 heterocycles. The number of hydrogen-bond donors (Lipinski definition) is 1. The van der Waals surface area contributed by atoms with E-state index in [1.54, 1.807) is 22.4 Å². The third-order valence-corrected chi connectivity index (χ3v) is 5.18. The molecule has 160 valence electrons. The number of anilines is 3. The number of aromatic nitrogens is 1. The second kappa shape index (κ2) is 11.1. The normalized spacial score (nSPS) is 10.8. The van der Waals surface area contributed by atoms with Gasteiger partial charge < -0.3 is 10.1 Å². The summed E-state index contributed by atoms with van der Waals surface area (Å²) in [5.74, 6) is 0.231. The highest BCUT2D eigenvalue weighted by atomic mass is 32.1. The number of benzene rings is 2. The largest absolute Gasteiger partial charge is 0.491 e. The minimum absolute atomic E-state index is 0.131. The first-order chi connectivity index (χ1) is 15.1. The van der Waals surface area contributed by atoms with E-state index in [0.29, 0.717) is 28.9 Å². The first-order valence-electron chi connectivity index (χ1n) is 10.1. The Morgan fingerprint density at radius 1 is 1.13 bits per heavy atom. The van der Waals surface area contributed by atoms with E-state index < -0.39 is 0 Å². The van der Waals surface area contributed by atoms with Crippen molar-refractivity contribution in [2.24, 2.45) is 0 Å². The van der Waals surface area contributed by atoms with E-state index in [2.05, 4.69) is 17.2 Å². The summed E-state index contributed by atoms with van der Waals surface area (Å²) in [5, 5.41) is 5.20. The molecule has 0 saturated heterocycles. The molecule has 0 atom stereocenters. The summed E-state index contributed by atoms with van der Waals surface area (Å²) in [6.45, 7) is 4.20. The van der Waals surface area contributed by atoms with Crippen molar-refractivity contribution in [1.82, 2.24) is 4.98 Å². The molecule has 0 aliphatic heterocycles. The van der Waals surface area contributed by atoms with Crippen LogP contribution in [0.5, 0.6) is 5.75 Å². The maximum absolute atomic E-state index is 12.4. The lowest BCUT2D eigenvalue weighted by Gasteiger charge is -2.17.